The SMILES string of the molecule is CCC(C)(C)N(C)C1CCC(OC(C)(C)C)CC1. The zero-order valence-electron chi connectivity index (χ0n) is 13.5. The Morgan fingerprint density at radius 1 is 1.00 bits per heavy atom. The van der Waals surface area contributed by atoms with Gasteiger partial charge in [0.05, 0.1) is 11.7 Å². The van der Waals surface area contributed by atoms with E-state index in [2.05, 4.69) is 53.5 Å². The van der Waals surface area contributed by atoms with Crippen molar-refractivity contribution in [2.75, 3.05) is 7.05 Å². The minimum atomic E-state index is 0.00605. The molecule has 0 radical (unpaired) electrons. The van der Waals surface area contributed by atoms with Gasteiger partial charge in [-0.05, 0) is 73.8 Å². The van der Waals surface area contributed by atoms with E-state index in [1.807, 2.05) is 0 Å². The van der Waals surface area contributed by atoms with Gasteiger partial charge in [-0.25, -0.2) is 0 Å². The molecule has 1 rings (SSSR count). The van der Waals surface area contributed by atoms with E-state index >= 15 is 0 Å². The smallest absolute Gasteiger partial charge is 0.0602 e. The average Bonchev–Trinajstić information content (AvgIpc) is 2.27. The molecule has 2 nitrogen and oxygen atoms in total. The van der Waals surface area contributed by atoms with Crippen LogP contribution in [-0.2, 0) is 4.74 Å². The highest BCUT2D eigenvalue weighted by molar-refractivity contribution is 4.87. The van der Waals surface area contributed by atoms with E-state index in [0.717, 1.165) is 6.04 Å². The molecule has 1 aliphatic carbocycles. The van der Waals surface area contributed by atoms with Crippen molar-refractivity contribution >= 4 is 0 Å². The molecule has 0 bridgehead atoms. The van der Waals surface area contributed by atoms with E-state index in [1.54, 1.807) is 0 Å². The summed E-state index contributed by atoms with van der Waals surface area (Å²) < 4.78 is 6.10. The average molecular weight is 255 g/mol. The second-order valence-corrected chi connectivity index (χ2v) is 7.44. The molecule has 1 fully saturated rings. The van der Waals surface area contributed by atoms with E-state index in [4.69, 9.17) is 4.74 Å². The lowest BCUT2D eigenvalue weighted by atomic mass is 9.88. The standard InChI is InChI=1S/C16H33NO/c1-8-16(5,6)17(7)13-9-11-14(12-10-13)18-15(2,3)4/h13-14H,8-12H2,1-7H3. The van der Waals surface area contributed by atoms with E-state index in [9.17, 15) is 0 Å². The van der Waals surface area contributed by atoms with Crippen LogP contribution in [0.5, 0.6) is 0 Å². The van der Waals surface area contributed by atoms with Crippen LogP contribution in [-0.4, -0.2) is 35.2 Å². The number of rotatable bonds is 4. The molecule has 0 saturated heterocycles. The molecule has 0 aromatic rings. The van der Waals surface area contributed by atoms with Gasteiger partial charge < -0.3 is 4.74 Å². The van der Waals surface area contributed by atoms with E-state index in [1.165, 1.54) is 32.1 Å². The van der Waals surface area contributed by atoms with Crippen LogP contribution in [0, 0.1) is 0 Å². The quantitative estimate of drug-likeness (QED) is 0.745. The first-order chi connectivity index (χ1) is 8.15. The first-order valence-electron chi connectivity index (χ1n) is 7.56. The number of ether oxygens (including phenoxy) is 1. The van der Waals surface area contributed by atoms with Gasteiger partial charge in [0.25, 0.3) is 0 Å². The summed E-state index contributed by atoms with van der Waals surface area (Å²) in [7, 11) is 2.29. The molecule has 0 atom stereocenters. The van der Waals surface area contributed by atoms with Crippen molar-refractivity contribution in [1.29, 1.82) is 0 Å². The van der Waals surface area contributed by atoms with Gasteiger partial charge in [-0.3, -0.25) is 4.90 Å². The van der Waals surface area contributed by atoms with Gasteiger partial charge in [0.2, 0.25) is 0 Å². The third kappa shape index (κ3) is 4.55. The lowest BCUT2D eigenvalue weighted by molar-refractivity contribution is -0.0842. The summed E-state index contributed by atoms with van der Waals surface area (Å²) in [5.41, 5.74) is 0.328. The lowest BCUT2D eigenvalue weighted by Crippen LogP contribution is -2.49. The van der Waals surface area contributed by atoms with Crippen molar-refractivity contribution in [2.45, 2.75) is 96.9 Å². The van der Waals surface area contributed by atoms with Crippen molar-refractivity contribution in [2.24, 2.45) is 0 Å². The molecule has 0 amide bonds. The van der Waals surface area contributed by atoms with Crippen molar-refractivity contribution in [1.82, 2.24) is 4.90 Å². The summed E-state index contributed by atoms with van der Waals surface area (Å²) in [4.78, 5) is 2.58. The van der Waals surface area contributed by atoms with E-state index in [-0.39, 0.29) is 5.60 Å². The Hall–Kier alpha value is -0.0800. The Morgan fingerprint density at radius 3 is 1.89 bits per heavy atom. The monoisotopic (exact) mass is 255 g/mol. The number of hydrogen-bond acceptors (Lipinski definition) is 2. The van der Waals surface area contributed by atoms with Crippen molar-refractivity contribution in [3.05, 3.63) is 0 Å². The Balaban J connectivity index is 2.44. The van der Waals surface area contributed by atoms with Crippen molar-refractivity contribution in [3.63, 3.8) is 0 Å². The van der Waals surface area contributed by atoms with Crippen LogP contribution < -0.4 is 0 Å². The third-order valence-electron chi connectivity index (χ3n) is 4.53. The van der Waals surface area contributed by atoms with Crippen LogP contribution in [0.1, 0.15) is 73.6 Å². The largest absolute Gasteiger partial charge is 0.373 e. The lowest BCUT2D eigenvalue weighted by Gasteiger charge is -2.44. The first kappa shape index (κ1) is 16.0. The van der Waals surface area contributed by atoms with Crippen LogP contribution in [0.3, 0.4) is 0 Å². The molecule has 0 aromatic carbocycles. The fraction of sp³-hybridized carbons (Fsp3) is 1.00. The minimum Gasteiger partial charge on any atom is -0.373 e. The molecule has 0 spiro atoms. The van der Waals surface area contributed by atoms with E-state index in [0.29, 0.717) is 11.6 Å². The Morgan fingerprint density at radius 2 is 1.50 bits per heavy atom. The summed E-state index contributed by atoms with van der Waals surface area (Å²) in [6.07, 6.45) is 6.67. The summed E-state index contributed by atoms with van der Waals surface area (Å²) >= 11 is 0. The molecule has 18 heavy (non-hydrogen) atoms. The molecule has 1 aliphatic rings. The summed E-state index contributed by atoms with van der Waals surface area (Å²) in [6.45, 7) is 13.5. The van der Waals surface area contributed by atoms with Gasteiger partial charge in [0.1, 0.15) is 0 Å². The highest BCUT2D eigenvalue weighted by Crippen LogP contribution is 2.31. The van der Waals surface area contributed by atoms with Gasteiger partial charge >= 0.3 is 0 Å². The maximum absolute atomic E-state index is 6.10. The maximum atomic E-state index is 6.10. The Kier molecular flexibility index (Phi) is 5.25. The minimum absolute atomic E-state index is 0.00605. The van der Waals surface area contributed by atoms with Crippen LogP contribution in [0.15, 0.2) is 0 Å². The van der Waals surface area contributed by atoms with Crippen molar-refractivity contribution in [3.8, 4) is 0 Å². The van der Waals surface area contributed by atoms with Gasteiger partial charge in [-0.2, -0.15) is 0 Å². The molecule has 0 aromatic heterocycles. The second-order valence-electron chi connectivity index (χ2n) is 7.44. The summed E-state index contributed by atoms with van der Waals surface area (Å²) in [5.74, 6) is 0. The molecule has 2 heteroatoms. The summed E-state index contributed by atoms with van der Waals surface area (Å²) in [6, 6.07) is 0.736. The number of nitrogens with zero attached hydrogens (tertiary/aromatic N) is 1. The second kappa shape index (κ2) is 5.92. The first-order valence-corrected chi connectivity index (χ1v) is 7.56. The molecule has 0 aliphatic heterocycles. The highest BCUT2D eigenvalue weighted by atomic mass is 16.5. The molecular formula is C16H33NO. The fourth-order valence-corrected chi connectivity index (χ4v) is 2.79. The van der Waals surface area contributed by atoms with Gasteiger partial charge in [0.15, 0.2) is 0 Å². The zero-order chi connectivity index (χ0) is 14.0. The van der Waals surface area contributed by atoms with Crippen LogP contribution >= 0.6 is 0 Å². The van der Waals surface area contributed by atoms with Gasteiger partial charge in [-0.1, -0.05) is 6.92 Å². The van der Waals surface area contributed by atoms with Gasteiger partial charge in [-0.15, -0.1) is 0 Å². The van der Waals surface area contributed by atoms with Crippen LogP contribution in [0.25, 0.3) is 0 Å². The Labute approximate surface area is 114 Å². The highest BCUT2D eigenvalue weighted by Gasteiger charge is 2.32. The molecular weight excluding hydrogens is 222 g/mol. The topological polar surface area (TPSA) is 12.5 Å². The molecule has 108 valence electrons. The van der Waals surface area contributed by atoms with Gasteiger partial charge in [0, 0.05) is 11.6 Å². The van der Waals surface area contributed by atoms with E-state index < -0.39 is 0 Å². The number of hydrogen-bond donors (Lipinski definition) is 0. The van der Waals surface area contributed by atoms with Crippen molar-refractivity contribution < 1.29 is 4.74 Å². The fourth-order valence-electron chi connectivity index (χ4n) is 2.79. The third-order valence-corrected chi connectivity index (χ3v) is 4.53. The predicted molar refractivity (Wildman–Crippen MR) is 79.0 cm³/mol. The molecule has 0 N–H and O–H groups in total. The normalized spacial score (nSPS) is 26.7. The van der Waals surface area contributed by atoms with Crippen LogP contribution in [0.2, 0.25) is 0 Å². The zero-order valence-corrected chi connectivity index (χ0v) is 13.5. The predicted octanol–water partition coefficient (Wildman–Crippen LogP) is 4.23. The maximum Gasteiger partial charge on any atom is 0.0602 e. The van der Waals surface area contributed by atoms with Crippen LogP contribution in [0.4, 0.5) is 0 Å². The molecule has 1 saturated carbocycles. The Bertz CT molecular complexity index is 246. The molecule has 0 heterocycles. The summed E-state index contributed by atoms with van der Waals surface area (Å²) in [5, 5.41) is 0. The molecule has 0 unspecified atom stereocenters.